The molecule has 0 spiro atoms. The second-order valence-corrected chi connectivity index (χ2v) is 15.4. The van der Waals surface area contributed by atoms with Crippen LogP contribution in [0.3, 0.4) is 0 Å². The molecule has 3 amide bonds. The number of sulfonamides is 1. The van der Waals surface area contributed by atoms with Gasteiger partial charge in [0.05, 0.1) is 24.0 Å². The average molecular weight is 657 g/mol. The van der Waals surface area contributed by atoms with Crippen LogP contribution in [-0.2, 0) is 29.8 Å². The normalized spacial score (nSPS) is 14.7. The van der Waals surface area contributed by atoms with Gasteiger partial charge in [0.15, 0.2) is 0 Å². The predicted octanol–water partition coefficient (Wildman–Crippen LogP) is 4.54. The van der Waals surface area contributed by atoms with Crippen molar-refractivity contribution in [2.75, 3.05) is 21.2 Å². The third kappa shape index (κ3) is 9.42. The van der Waals surface area contributed by atoms with Gasteiger partial charge in [0.25, 0.3) is 10.0 Å². The van der Waals surface area contributed by atoms with Gasteiger partial charge < -0.3 is 20.3 Å². The number of hydrogen-bond donors (Lipinski definition) is 3. The molecule has 2 aromatic rings. The number of carbonyl (C=O) groups is 3. The van der Waals surface area contributed by atoms with E-state index < -0.39 is 44.8 Å². The maximum atomic E-state index is 14.1. The van der Waals surface area contributed by atoms with Crippen LogP contribution >= 0.6 is 0 Å². The number of nitrogens with zero attached hydrogens (tertiary/aromatic N) is 1. The molecule has 0 saturated heterocycles. The molecule has 0 aliphatic carbocycles. The van der Waals surface area contributed by atoms with Crippen molar-refractivity contribution in [2.24, 2.45) is 17.3 Å². The van der Waals surface area contributed by atoms with E-state index in [9.17, 15) is 22.8 Å². The lowest BCUT2D eigenvalue weighted by atomic mass is 9.76. The van der Waals surface area contributed by atoms with Crippen LogP contribution in [0.4, 0.5) is 0 Å². The van der Waals surface area contributed by atoms with Crippen molar-refractivity contribution in [3.05, 3.63) is 71.4 Å². The number of rotatable bonds is 13. The zero-order chi connectivity index (χ0) is 35.2. The molecule has 3 atom stereocenters. The number of amides is 3. The van der Waals surface area contributed by atoms with Crippen molar-refractivity contribution >= 4 is 27.7 Å². The summed E-state index contributed by atoms with van der Waals surface area (Å²) in [5.74, 6) is -1.80. The van der Waals surface area contributed by atoms with Gasteiger partial charge in [0, 0.05) is 18.2 Å². The van der Waals surface area contributed by atoms with Crippen LogP contribution in [-0.4, -0.2) is 64.3 Å². The molecule has 0 radical (unpaired) electrons. The second kappa shape index (κ2) is 15.3. The van der Waals surface area contributed by atoms with E-state index in [0.717, 1.165) is 11.1 Å². The molecule has 0 aliphatic heterocycles. The topological polar surface area (TPSA) is 134 Å². The average Bonchev–Trinajstić information content (AvgIpc) is 2.97. The first-order valence-electron chi connectivity index (χ1n) is 15.4. The van der Waals surface area contributed by atoms with E-state index in [1.165, 1.54) is 17.0 Å². The predicted molar refractivity (Wildman–Crippen MR) is 182 cm³/mol. The highest BCUT2D eigenvalue weighted by molar-refractivity contribution is 7.90. The Morgan fingerprint density at radius 3 is 1.87 bits per heavy atom. The van der Waals surface area contributed by atoms with Gasteiger partial charge in [-0.2, -0.15) is 0 Å². The number of carbonyl (C=O) groups excluding carboxylic acids is 3. The van der Waals surface area contributed by atoms with Crippen LogP contribution in [0.25, 0.3) is 0 Å². The quantitative estimate of drug-likeness (QED) is 0.288. The van der Waals surface area contributed by atoms with E-state index >= 15 is 0 Å². The van der Waals surface area contributed by atoms with Gasteiger partial charge in [0.2, 0.25) is 17.7 Å². The van der Waals surface area contributed by atoms with E-state index in [2.05, 4.69) is 15.4 Å². The second-order valence-electron chi connectivity index (χ2n) is 13.7. The molecule has 3 N–H and O–H groups in total. The summed E-state index contributed by atoms with van der Waals surface area (Å²) in [4.78, 5) is 42.4. The Morgan fingerprint density at radius 2 is 1.41 bits per heavy atom. The molecule has 10 nitrogen and oxygen atoms in total. The highest BCUT2D eigenvalue weighted by Crippen LogP contribution is 2.30. The highest BCUT2D eigenvalue weighted by atomic mass is 32.2. The van der Waals surface area contributed by atoms with Crippen LogP contribution < -0.4 is 20.1 Å². The summed E-state index contributed by atoms with van der Waals surface area (Å²) in [6.45, 7) is 16.7. The molecule has 11 heteroatoms. The fourth-order valence-corrected chi connectivity index (χ4v) is 6.29. The van der Waals surface area contributed by atoms with Crippen molar-refractivity contribution in [1.29, 1.82) is 0 Å². The Morgan fingerprint density at radius 1 is 0.870 bits per heavy atom. The summed E-state index contributed by atoms with van der Waals surface area (Å²) in [6, 6.07) is 12.1. The number of nitrogens with one attached hydrogen (secondary N) is 3. The van der Waals surface area contributed by atoms with Gasteiger partial charge in [-0.05, 0) is 62.1 Å². The molecule has 2 rings (SSSR count). The molecule has 0 fully saturated rings. The lowest BCUT2D eigenvalue weighted by Gasteiger charge is -2.39. The van der Waals surface area contributed by atoms with E-state index in [1.54, 1.807) is 46.3 Å². The molecule has 254 valence electrons. The molecule has 0 heterocycles. The minimum atomic E-state index is -4.08. The fourth-order valence-electron chi connectivity index (χ4n) is 5.23. The van der Waals surface area contributed by atoms with Crippen LogP contribution in [0.1, 0.15) is 66.5 Å². The Kier molecular flexibility index (Phi) is 12.8. The van der Waals surface area contributed by atoms with E-state index in [0.29, 0.717) is 11.4 Å². The number of allylic oxidation sites excluding steroid dienone is 1. The van der Waals surface area contributed by atoms with Crippen LogP contribution in [0.2, 0.25) is 0 Å². The summed E-state index contributed by atoms with van der Waals surface area (Å²) in [5, 5.41) is 6.14. The zero-order valence-electron chi connectivity index (χ0n) is 29.3. The maximum absolute atomic E-state index is 14.1. The number of likely N-dealkylation sites (N-methyl/N-ethyl adjacent to an activating group) is 2. The Bertz CT molecular complexity index is 1510. The zero-order valence-corrected chi connectivity index (χ0v) is 30.1. The lowest BCUT2D eigenvalue weighted by Crippen LogP contribution is -2.60. The van der Waals surface area contributed by atoms with Crippen molar-refractivity contribution in [3.63, 3.8) is 0 Å². The van der Waals surface area contributed by atoms with Crippen LogP contribution in [0.15, 0.2) is 65.2 Å². The van der Waals surface area contributed by atoms with Crippen molar-refractivity contribution in [1.82, 2.24) is 20.3 Å². The SMILES string of the molecule is CN[C@H](C(=O)N[C@H](C(=O)N(C)/C(=C/C(C)C(=O)NS(=O)(=O)c1ccc(C)cc1)C(C)C)C(C)(C)C)C(C)(C)c1ccc(OC)cc1. The molecule has 0 saturated carbocycles. The Labute approximate surface area is 275 Å². The monoisotopic (exact) mass is 656 g/mol. The minimum absolute atomic E-state index is 0.0159. The molecule has 2 aromatic carbocycles. The Balaban J connectivity index is 2.34. The first-order chi connectivity index (χ1) is 21.2. The molecular formula is C35H52N4O6S. The first kappa shape index (κ1) is 38.5. The standard InChI is InChI=1S/C35H52N4O6S/c1-22(2)28(21-24(4)31(40)38-46(43,44)27-19-13-23(3)14-20-27)39(11)33(42)30(34(5,6)7)37-32(41)29(36-10)35(8,9)25-15-17-26(45-12)18-16-25/h13-22,24,29-30,36H,1-12H3,(H,37,41)(H,38,40)/b28-21+/t24?,29-,30-/m1/s1. The van der Waals surface area contributed by atoms with Gasteiger partial charge in [-0.15, -0.1) is 0 Å². The lowest BCUT2D eigenvalue weighted by molar-refractivity contribution is -0.138. The smallest absolute Gasteiger partial charge is 0.264 e. The van der Waals surface area contributed by atoms with Crippen LogP contribution in [0.5, 0.6) is 5.75 Å². The van der Waals surface area contributed by atoms with Gasteiger partial charge >= 0.3 is 0 Å². The number of ether oxygens (including phenoxy) is 1. The number of benzene rings is 2. The van der Waals surface area contributed by atoms with Gasteiger partial charge in [-0.3, -0.25) is 14.4 Å². The number of methoxy groups -OCH3 is 1. The molecule has 46 heavy (non-hydrogen) atoms. The number of hydrogen-bond acceptors (Lipinski definition) is 7. The van der Waals surface area contributed by atoms with Crippen LogP contribution in [0, 0.1) is 24.2 Å². The third-order valence-corrected chi connectivity index (χ3v) is 9.58. The summed E-state index contributed by atoms with van der Waals surface area (Å²) in [5.41, 5.74) is 1.01. The summed E-state index contributed by atoms with van der Waals surface area (Å²) in [6.07, 6.45) is 1.59. The highest BCUT2D eigenvalue weighted by Gasteiger charge is 2.41. The first-order valence-corrected chi connectivity index (χ1v) is 16.9. The van der Waals surface area contributed by atoms with Crippen molar-refractivity contribution < 1.29 is 27.5 Å². The summed E-state index contributed by atoms with van der Waals surface area (Å²) >= 11 is 0. The van der Waals surface area contributed by atoms with Gasteiger partial charge in [-0.1, -0.05) is 84.4 Å². The van der Waals surface area contributed by atoms with Crippen molar-refractivity contribution in [3.8, 4) is 5.75 Å². The molecular weight excluding hydrogens is 604 g/mol. The molecule has 1 unspecified atom stereocenters. The summed E-state index contributed by atoms with van der Waals surface area (Å²) in [7, 11) is 0.828. The van der Waals surface area contributed by atoms with E-state index in [1.807, 2.05) is 79.7 Å². The Hall–Kier alpha value is -3.70. The molecule has 0 bridgehead atoms. The summed E-state index contributed by atoms with van der Waals surface area (Å²) < 4.78 is 33.1. The van der Waals surface area contributed by atoms with Gasteiger partial charge in [-0.25, -0.2) is 13.1 Å². The largest absolute Gasteiger partial charge is 0.497 e. The fraction of sp³-hybridized carbons (Fsp3) is 0.514. The van der Waals surface area contributed by atoms with Crippen molar-refractivity contribution in [2.45, 2.75) is 84.7 Å². The minimum Gasteiger partial charge on any atom is -0.497 e. The van der Waals surface area contributed by atoms with Gasteiger partial charge in [0.1, 0.15) is 11.8 Å². The van der Waals surface area contributed by atoms with E-state index in [-0.39, 0.29) is 22.6 Å². The van der Waals surface area contributed by atoms with E-state index in [4.69, 9.17) is 4.74 Å². The maximum Gasteiger partial charge on any atom is 0.264 e. The molecule has 0 aliphatic rings. The molecule has 0 aromatic heterocycles. The number of aryl methyl sites for hydroxylation is 1. The third-order valence-electron chi connectivity index (χ3n) is 8.22.